The van der Waals surface area contributed by atoms with Crippen LogP contribution in [0.4, 0.5) is 20.2 Å². The van der Waals surface area contributed by atoms with Gasteiger partial charge in [0.15, 0.2) is 11.5 Å². The van der Waals surface area contributed by atoms with E-state index in [1.807, 2.05) is 0 Å². The second-order valence-corrected chi connectivity index (χ2v) is 11.1. The predicted molar refractivity (Wildman–Crippen MR) is 147 cm³/mol. The number of nitrogens with one attached hydrogen (secondary N) is 5. The number of rotatable bonds is 9. The van der Waals surface area contributed by atoms with Gasteiger partial charge >= 0.3 is 5.90 Å². The van der Waals surface area contributed by atoms with Crippen molar-refractivity contribution in [1.82, 2.24) is 10.6 Å². The lowest BCUT2D eigenvalue weighted by Crippen LogP contribution is -2.42. The zero-order valence-electron chi connectivity index (χ0n) is 21.9. The van der Waals surface area contributed by atoms with Crippen LogP contribution in [0.2, 0.25) is 0 Å². The van der Waals surface area contributed by atoms with Gasteiger partial charge in [-0.2, -0.15) is 0 Å². The molecule has 2 aromatic carbocycles. The van der Waals surface area contributed by atoms with Crippen molar-refractivity contribution in [2.24, 2.45) is 4.99 Å². The van der Waals surface area contributed by atoms with Crippen LogP contribution >= 0.6 is 0 Å². The number of carbonyl (C=O) groups is 1. The highest BCUT2D eigenvalue weighted by Gasteiger charge is 2.43. The Balaban J connectivity index is 1.72. The first-order valence-electron chi connectivity index (χ1n) is 12.1. The summed E-state index contributed by atoms with van der Waals surface area (Å²) in [7, 11) is -3.90. The van der Waals surface area contributed by atoms with Crippen molar-refractivity contribution in [3.63, 3.8) is 0 Å². The lowest BCUT2D eigenvalue weighted by molar-refractivity contribution is -0.133. The monoisotopic (exact) mass is 572 g/mol. The number of hydrogen-bond acceptors (Lipinski definition) is 9. The fourth-order valence-corrected chi connectivity index (χ4v) is 5.37. The Morgan fingerprint density at radius 2 is 2.00 bits per heavy atom. The average molecular weight is 573 g/mol. The van der Waals surface area contributed by atoms with Crippen LogP contribution in [0.15, 0.2) is 64.6 Å². The normalized spacial score (nSPS) is 17.8. The quantitative estimate of drug-likeness (QED) is 0.152. The first-order chi connectivity index (χ1) is 18.8. The Hall–Kier alpha value is -4.59. The van der Waals surface area contributed by atoms with E-state index in [2.05, 4.69) is 25.7 Å². The number of sulfonamides is 1. The van der Waals surface area contributed by atoms with Gasteiger partial charge in [0.25, 0.3) is 0 Å². The van der Waals surface area contributed by atoms with Gasteiger partial charge in [-0.1, -0.05) is 13.0 Å². The number of ketones is 1. The molecule has 0 aliphatic carbocycles. The molecule has 0 amide bonds. The second-order valence-electron chi connectivity index (χ2n) is 9.21. The molecular weight excluding hydrogens is 544 g/mol. The fraction of sp³-hybridized carbons (Fsp3) is 0.231. The summed E-state index contributed by atoms with van der Waals surface area (Å²) in [5.41, 5.74) is -1.54. The summed E-state index contributed by atoms with van der Waals surface area (Å²) in [6, 6.07) is 8.39. The number of aliphatic imine (C=N–C) groups is 1. The molecule has 4 rings (SSSR count). The smallest absolute Gasteiger partial charge is 0.336 e. The molecule has 0 spiro atoms. The first kappa shape index (κ1) is 28.4. The van der Waals surface area contributed by atoms with E-state index in [0.29, 0.717) is 11.3 Å². The number of nitrogens with zero attached hydrogens (tertiary/aromatic N) is 1. The highest BCUT2D eigenvalue weighted by molar-refractivity contribution is 7.92. The van der Waals surface area contributed by atoms with Gasteiger partial charge in [0, 0.05) is 23.0 Å². The molecule has 14 heteroatoms. The molecule has 0 fully saturated rings. The van der Waals surface area contributed by atoms with E-state index in [-0.39, 0.29) is 40.9 Å². The van der Waals surface area contributed by atoms with Gasteiger partial charge in [-0.25, -0.2) is 27.6 Å². The van der Waals surface area contributed by atoms with E-state index >= 15 is 4.39 Å². The average Bonchev–Trinajstić information content (AvgIpc) is 3.24. The Kier molecular flexibility index (Phi) is 7.73. The van der Waals surface area contributed by atoms with Crippen LogP contribution in [0.3, 0.4) is 0 Å². The van der Waals surface area contributed by atoms with Crippen molar-refractivity contribution in [1.29, 1.82) is 5.41 Å². The molecule has 40 heavy (non-hydrogen) atoms. The predicted octanol–water partition coefficient (Wildman–Crippen LogP) is 1.98. The van der Waals surface area contributed by atoms with Crippen molar-refractivity contribution in [3.05, 3.63) is 82.3 Å². The Morgan fingerprint density at radius 3 is 2.70 bits per heavy atom. The van der Waals surface area contributed by atoms with Crippen molar-refractivity contribution in [3.8, 4) is 0 Å². The number of ether oxygens (including phenoxy) is 1. The summed E-state index contributed by atoms with van der Waals surface area (Å²) >= 11 is 0. The van der Waals surface area contributed by atoms with Crippen LogP contribution in [0.25, 0.3) is 0 Å². The maximum Gasteiger partial charge on any atom is 0.336 e. The molecule has 7 N–H and O–H groups in total. The van der Waals surface area contributed by atoms with E-state index in [1.54, 1.807) is 38.1 Å². The molecule has 0 radical (unpaired) electrons. The minimum absolute atomic E-state index is 0.0960. The lowest BCUT2D eigenvalue weighted by Gasteiger charge is -2.30. The summed E-state index contributed by atoms with van der Waals surface area (Å²) in [6.07, 6.45) is 2.98. The molecule has 0 bridgehead atoms. The molecular formula is C26H28F2N7O4S+. The Bertz CT molecular complexity index is 1620. The maximum atomic E-state index is 15.4. The molecule has 0 saturated carbocycles. The summed E-state index contributed by atoms with van der Waals surface area (Å²) in [5.74, 6) is -3.58. The summed E-state index contributed by atoms with van der Waals surface area (Å²) in [4.78, 5) is 18.0. The van der Waals surface area contributed by atoms with Gasteiger partial charge in [-0.3, -0.25) is 14.9 Å². The van der Waals surface area contributed by atoms with E-state index < -0.39 is 44.4 Å². The van der Waals surface area contributed by atoms with Crippen LogP contribution in [0, 0.1) is 17.0 Å². The van der Waals surface area contributed by atoms with Crippen LogP contribution in [-0.2, 0) is 14.8 Å². The molecule has 2 aromatic rings. The Labute approximate surface area is 229 Å². The third kappa shape index (κ3) is 5.71. The highest BCUT2D eigenvalue weighted by Crippen LogP contribution is 2.37. The number of nitrogens with two attached hydrogens (primary N) is 1. The molecule has 1 unspecified atom stereocenters. The highest BCUT2D eigenvalue weighted by atomic mass is 32.2. The van der Waals surface area contributed by atoms with Crippen molar-refractivity contribution >= 4 is 45.3 Å². The molecule has 0 aromatic heterocycles. The van der Waals surface area contributed by atoms with E-state index in [9.17, 15) is 17.6 Å². The van der Waals surface area contributed by atoms with E-state index in [4.69, 9.17) is 15.6 Å². The minimum atomic E-state index is -3.90. The second kappa shape index (κ2) is 10.9. The van der Waals surface area contributed by atoms with Crippen LogP contribution < -0.4 is 26.1 Å². The zero-order valence-corrected chi connectivity index (χ0v) is 22.7. The number of halogens is 2. The van der Waals surface area contributed by atoms with Crippen molar-refractivity contribution < 1.29 is 32.1 Å². The third-order valence-corrected chi connectivity index (χ3v) is 7.47. The largest absolute Gasteiger partial charge is 0.390 e. The van der Waals surface area contributed by atoms with Crippen LogP contribution in [-0.4, -0.2) is 43.8 Å². The molecule has 2 aliphatic rings. The molecule has 0 saturated heterocycles. The Morgan fingerprint density at radius 1 is 1.25 bits per heavy atom. The summed E-state index contributed by atoms with van der Waals surface area (Å²) < 4.78 is 61.9. The van der Waals surface area contributed by atoms with Gasteiger partial charge < -0.3 is 20.7 Å². The fourth-order valence-electron chi connectivity index (χ4n) is 4.24. The number of carbonyl (C=O) groups excluding carboxylic acids is 1. The SMILES string of the molecule is CCCS(=O)(=O)Nc1ccc(F)c(C(=O)C2=CNC3(C)N=CNC(Nc4cccc(C(=N)OC(C)=[NH2+])c4)=C23)c1F. The topological polar surface area (TPSA) is 170 Å². The molecule has 11 nitrogen and oxygen atoms in total. The lowest BCUT2D eigenvalue weighted by atomic mass is 9.91. The van der Waals surface area contributed by atoms with Gasteiger partial charge in [0.2, 0.25) is 21.7 Å². The summed E-state index contributed by atoms with van der Waals surface area (Å²) in [5, 5.41) is 22.6. The number of anilines is 2. The maximum absolute atomic E-state index is 15.4. The summed E-state index contributed by atoms with van der Waals surface area (Å²) in [6.45, 7) is 4.81. The molecule has 2 aliphatic heterocycles. The van der Waals surface area contributed by atoms with Crippen LogP contribution in [0.5, 0.6) is 0 Å². The number of Topliss-reactive ketones (excluding diaryl/α,β-unsaturated/α-hetero) is 1. The third-order valence-electron chi connectivity index (χ3n) is 5.99. The molecule has 210 valence electrons. The van der Waals surface area contributed by atoms with Crippen LogP contribution in [0.1, 0.15) is 43.1 Å². The zero-order chi connectivity index (χ0) is 29.2. The van der Waals surface area contributed by atoms with Gasteiger partial charge in [0.1, 0.15) is 11.6 Å². The van der Waals surface area contributed by atoms with Gasteiger partial charge in [-0.15, -0.1) is 0 Å². The molecule has 1 atom stereocenters. The van der Waals surface area contributed by atoms with Gasteiger partial charge in [-0.05, 0) is 43.7 Å². The number of hydrogen-bond donors (Lipinski definition) is 6. The molecule has 2 heterocycles. The number of fused-ring (bicyclic) bond motifs is 1. The standard InChI is InChI=1S/C26H27F2N7O4S/c1-4-10-40(37,38)35-19-9-8-18(27)20(22(19)28)23(36)17-12-32-26(3)21(17)25(31-13-33-26)34-16-7-5-6-15(11-16)24(30)39-14(2)29/h5-9,11-13,29-30,32,34-35H,4,10H2,1-3H3,(H,31,33)/p+1. The van der Waals surface area contributed by atoms with Gasteiger partial charge in [0.05, 0.1) is 35.8 Å². The van der Waals surface area contributed by atoms with E-state index in [0.717, 1.165) is 12.1 Å². The van der Waals surface area contributed by atoms with E-state index in [1.165, 1.54) is 19.5 Å². The van der Waals surface area contributed by atoms with Crippen molar-refractivity contribution in [2.75, 3.05) is 15.8 Å². The minimum Gasteiger partial charge on any atom is -0.390 e. The van der Waals surface area contributed by atoms with Crippen molar-refractivity contribution in [2.45, 2.75) is 32.9 Å². The number of benzene rings is 2. The first-order valence-corrected chi connectivity index (χ1v) is 13.8.